The summed E-state index contributed by atoms with van der Waals surface area (Å²) in [6.45, 7) is 0.228. The van der Waals surface area contributed by atoms with Gasteiger partial charge >= 0.3 is 12.1 Å². The fourth-order valence-corrected chi connectivity index (χ4v) is 6.13. The first-order chi connectivity index (χ1) is 17.0. The molecule has 0 aromatic heterocycles. The number of fused-ring (bicyclic) bond motifs is 3. The fraction of sp³-hybridized carbons (Fsp3) is 0.464. The highest BCUT2D eigenvalue weighted by atomic mass is 16.5. The quantitative estimate of drug-likeness (QED) is 0.571. The minimum atomic E-state index is -0.852. The molecular formula is C28H32N2O5. The summed E-state index contributed by atoms with van der Waals surface area (Å²) in [5.74, 6) is -1.94. The van der Waals surface area contributed by atoms with Crippen LogP contribution in [-0.2, 0) is 14.3 Å². The molecule has 2 amide bonds. The monoisotopic (exact) mass is 476 g/mol. The molecule has 3 N–H and O–H groups in total. The van der Waals surface area contributed by atoms with Crippen molar-refractivity contribution in [2.45, 2.75) is 62.9 Å². The molecule has 0 aliphatic heterocycles. The van der Waals surface area contributed by atoms with Crippen LogP contribution in [0.15, 0.2) is 48.5 Å². The van der Waals surface area contributed by atoms with Crippen LogP contribution in [0.1, 0.15) is 62.0 Å². The lowest BCUT2D eigenvalue weighted by Gasteiger charge is -2.31. The fourth-order valence-electron chi connectivity index (χ4n) is 6.13. The Kier molecular flexibility index (Phi) is 6.75. The average Bonchev–Trinajstić information content (AvgIpc) is 3.45. The van der Waals surface area contributed by atoms with Crippen molar-refractivity contribution in [3.05, 3.63) is 59.7 Å². The van der Waals surface area contributed by atoms with E-state index < -0.39 is 18.0 Å². The maximum absolute atomic E-state index is 13.0. The van der Waals surface area contributed by atoms with Crippen LogP contribution in [0.3, 0.4) is 0 Å². The number of benzene rings is 2. The van der Waals surface area contributed by atoms with Crippen LogP contribution in [0.25, 0.3) is 11.1 Å². The summed E-state index contributed by atoms with van der Waals surface area (Å²) in [6.07, 6.45) is 4.75. The predicted octanol–water partition coefficient (Wildman–Crippen LogP) is 4.45. The molecule has 0 heterocycles. The van der Waals surface area contributed by atoms with Crippen molar-refractivity contribution < 1.29 is 24.2 Å². The summed E-state index contributed by atoms with van der Waals surface area (Å²) < 4.78 is 5.67. The second-order valence-corrected chi connectivity index (χ2v) is 9.96. The van der Waals surface area contributed by atoms with Crippen molar-refractivity contribution in [3.8, 4) is 11.1 Å². The molecule has 3 aliphatic rings. The lowest BCUT2D eigenvalue weighted by molar-refractivity contribution is -0.144. The zero-order valence-corrected chi connectivity index (χ0v) is 19.7. The predicted molar refractivity (Wildman–Crippen MR) is 131 cm³/mol. The molecule has 2 aromatic carbocycles. The van der Waals surface area contributed by atoms with Crippen LogP contribution in [0.5, 0.6) is 0 Å². The zero-order chi connectivity index (χ0) is 24.4. The number of nitrogens with one attached hydrogen (secondary N) is 2. The number of rotatable bonds is 6. The maximum atomic E-state index is 13.0. The van der Waals surface area contributed by atoms with Crippen LogP contribution in [0.4, 0.5) is 4.79 Å². The number of ether oxygens (including phenoxy) is 1. The number of carboxylic acids is 1. The van der Waals surface area contributed by atoms with Gasteiger partial charge in [-0.2, -0.15) is 0 Å². The summed E-state index contributed by atoms with van der Waals surface area (Å²) in [5.41, 5.74) is 4.65. The van der Waals surface area contributed by atoms with E-state index in [-0.39, 0.29) is 36.4 Å². The molecule has 184 valence electrons. The Morgan fingerprint density at radius 1 is 0.771 bits per heavy atom. The summed E-state index contributed by atoms with van der Waals surface area (Å²) in [4.78, 5) is 37.3. The molecule has 0 saturated heterocycles. The number of carbonyl (C=O) groups is 3. The van der Waals surface area contributed by atoms with Gasteiger partial charge in [-0.15, -0.1) is 0 Å². The Morgan fingerprint density at radius 2 is 1.34 bits per heavy atom. The van der Waals surface area contributed by atoms with E-state index in [0.717, 1.165) is 30.4 Å². The first-order valence-electron chi connectivity index (χ1n) is 12.7. The molecular weight excluding hydrogens is 444 g/mol. The Labute approximate surface area is 205 Å². The van der Waals surface area contributed by atoms with Crippen LogP contribution < -0.4 is 10.6 Å². The molecule has 5 rings (SSSR count). The van der Waals surface area contributed by atoms with Crippen LogP contribution in [0, 0.1) is 11.8 Å². The molecule has 0 bridgehead atoms. The third-order valence-electron chi connectivity index (χ3n) is 7.91. The second kappa shape index (κ2) is 10.1. The Morgan fingerprint density at radius 3 is 2.03 bits per heavy atom. The van der Waals surface area contributed by atoms with Crippen molar-refractivity contribution >= 4 is 18.0 Å². The van der Waals surface area contributed by atoms with Crippen LogP contribution in [0.2, 0.25) is 0 Å². The third-order valence-corrected chi connectivity index (χ3v) is 7.91. The van der Waals surface area contributed by atoms with Crippen LogP contribution >= 0.6 is 0 Å². The molecule has 0 unspecified atom stereocenters. The van der Waals surface area contributed by atoms with E-state index in [4.69, 9.17) is 4.74 Å². The average molecular weight is 477 g/mol. The number of hydrogen-bond donors (Lipinski definition) is 3. The molecule has 2 aromatic rings. The van der Waals surface area contributed by atoms with Crippen LogP contribution in [-0.4, -0.2) is 41.8 Å². The van der Waals surface area contributed by atoms with Crippen molar-refractivity contribution in [1.29, 1.82) is 0 Å². The minimum absolute atomic E-state index is 0.0184. The molecule has 7 heteroatoms. The smallest absolute Gasteiger partial charge is 0.407 e. The summed E-state index contributed by atoms with van der Waals surface area (Å²) in [6, 6.07) is 15.7. The summed E-state index contributed by atoms with van der Waals surface area (Å²) in [7, 11) is 0. The topological polar surface area (TPSA) is 105 Å². The molecule has 0 spiro atoms. The normalized spacial score (nSPS) is 25.4. The van der Waals surface area contributed by atoms with Gasteiger partial charge in [-0.25, -0.2) is 4.79 Å². The van der Waals surface area contributed by atoms with Crippen molar-refractivity contribution in [3.63, 3.8) is 0 Å². The number of carboxylic acid groups (broad SMARTS) is 1. The molecule has 7 nitrogen and oxygen atoms in total. The molecule has 2 fully saturated rings. The van der Waals surface area contributed by atoms with E-state index in [1.54, 1.807) is 0 Å². The number of amides is 2. The van der Waals surface area contributed by atoms with Crippen molar-refractivity contribution in [1.82, 2.24) is 10.6 Å². The number of alkyl carbamates (subject to hydrolysis) is 1. The third kappa shape index (κ3) is 4.77. The minimum Gasteiger partial charge on any atom is -0.481 e. The largest absolute Gasteiger partial charge is 0.481 e. The molecule has 4 atom stereocenters. The summed E-state index contributed by atoms with van der Waals surface area (Å²) >= 11 is 0. The SMILES string of the molecule is O=C(N[C@H]1CCC[C@H]1C(=O)N[C@H]1CCCC[C@H]1C(=O)O)OCC1c2ccccc2-c2ccccc21. The van der Waals surface area contributed by atoms with E-state index in [9.17, 15) is 19.5 Å². The van der Waals surface area contributed by atoms with Crippen molar-refractivity contribution in [2.75, 3.05) is 6.61 Å². The maximum Gasteiger partial charge on any atom is 0.407 e. The van der Waals surface area contributed by atoms with Gasteiger partial charge in [0.2, 0.25) is 5.91 Å². The lowest BCUT2D eigenvalue weighted by atomic mass is 9.84. The van der Waals surface area contributed by atoms with Gasteiger partial charge < -0.3 is 20.5 Å². The zero-order valence-electron chi connectivity index (χ0n) is 19.7. The molecule has 3 aliphatic carbocycles. The van der Waals surface area contributed by atoms with Gasteiger partial charge in [0.05, 0.1) is 11.8 Å². The van der Waals surface area contributed by atoms with Crippen molar-refractivity contribution in [2.24, 2.45) is 11.8 Å². The standard InChI is InChI=1S/C28H32N2O5/c31-26(29-25-14-6-5-12-22(25)27(32)33)21-13-7-15-24(21)30-28(34)35-16-23-19-10-3-1-8-17(19)18-9-2-4-11-20(18)23/h1-4,8-11,21-25H,5-7,12-16H2,(H,29,31)(H,30,34)(H,32,33)/t21-,22-,24+,25+/m1/s1. The lowest BCUT2D eigenvalue weighted by Crippen LogP contribution is -2.50. The van der Waals surface area contributed by atoms with Gasteiger partial charge in [0.1, 0.15) is 6.61 Å². The molecule has 2 saturated carbocycles. The van der Waals surface area contributed by atoms with E-state index in [1.165, 1.54) is 11.1 Å². The van der Waals surface area contributed by atoms with E-state index in [1.807, 2.05) is 24.3 Å². The van der Waals surface area contributed by atoms with E-state index >= 15 is 0 Å². The Hall–Kier alpha value is -3.35. The highest BCUT2D eigenvalue weighted by Crippen LogP contribution is 2.44. The van der Waals surface area contributed by atoms with Gasteiger partial charge in [0.25, 0.3) is 0 Å². The van der Waals surface area contributed by atoms with Gasteiger partial charge in [0.15, 0.2) is 0 Å². The number of hydrogen-bond acceptors (Lipinski definition) is 4. The second-order valence-electron chi connectivity index (χ2n) is 9.96. The molecule has 35 heavy (non-hydrogen) atoms. The van der Waals surface area contributed by atoms with Gasteiger partial charge in [-0.1, -0.05) is 67.8 Å². The summed E-state index contributed by atoms with van der Waals surface area (Å²) in [5, 5.41) is 15.4. The Bertz CT molecular complexity index is 1070. The first kappa shape index (κ1) is 23.4. The first-order valence-corrected chi connectivity index (χ1v) is 12.7. The van der Waals surface area contributed by atoms with E-state index in [0.29, 0.717) is 25.7 Å². The number of carbonyl (C=O) groups excluding carboxylic acids is 2. The van der Waals surface area contributed by atoms with Gasteiger partial charge in [-0.05, 0) is 47.9 Å². The molecule has 0 radical (unpaired) electrons. The highest BCUT2D eigenvalue weighted by Gasteiger charge is 2.38. The van der Waals surface area contributed by atoms with E-state index in [2.05, 4.69) is 34.9 Å². The highest BCUT2D eigenvalue weighted by molar-refractivity contribution is 5.82. The van der Waals surface area contributed by atoms with Gasteiger partial charge in [0, 0.05) is 18.0 Å². The number of aliphatic carboxylic acids is 1. The van der Waals surface area contributed by atoms with Gasteiger partial charge in [-0.3, -0.25) is 9.59 Å². The Balaban J connectivity index is 1.19.